The van der Waals surface area contributed by atoms with Gasteiger partial charge in [-0.15, -0.1) is 10.2 Å². The summed E-state index contributed by atoms with van der Waals surface area (Å²) in [6, 6.07) is 10.3. The predicted octanol–water partition coefficient (Wildman–Crippen LogP) is 2.29. The average Bonchev–Trinajstić information content (AvgIpc) is 3.36. The Morgan fingerprint density at radius 1 is 1.19 bits per heavy atom. The van der Waals surface area contributed by atoms with Crippen molar-refractivity contribution in [2.75, 3.05) is 6.54 Å². The molecule has 1 atom stereocenters. The lowest BCUT2D eigenvalue weighted by Crippen LogP contribution is -2.36. The van der Waals surface area contributed by atoms with Crippen molar-refractivity contribution in [3.05, 3.63) is 66.8 Å². The highest BCUT2D eigenvalue weighted by Gasteiger charge is 2.30. The van der Waals surface area contributed by atoms with Crippen molar-refractivity contribution in [1.29, 1.82) is 0 Å². The van der Waals surface area contributed by atoms with E-state index in [1.165, 1.54) is 6.20 Å². The van der Waals surface area contributed by atoms with E-state index in [0.29, 0.717) is 5.69 Å². The summed E-state index contributed by atoms with van der Waals surface area (Å²) in [5.74, 6) is 0.875. The van der Waals surface area contributed by atoms with Crippen LogP contribution in [-0.4, -0.2) is 48.1 Å². The molecule has 1 unspecified atom stereocenters. The average molecular weight is 348 g/mol. The van der Waals surface area contributed by atoms with Crippen LogP contribution < -0.4 is 0 Å². The number of aromatic nitrogens is 5. The molecule has 26 heavy (non-hydrogen) atoms. The Balaban J connectivity index is 1.45. The molecule has 0 saturated carbocycles. The molecule has 0 radical (unpaired) electrons. The normalized spacial score (nSPS) is 16.8. The molecule has 0 bridgehead atoms. The molecule has 1 amide bonds. The van der Waals surface area contributed by atoms with Gasteiger partial charge in [0.25, 0.3) is 5.91 Å². The van der Waals surface area contributed by atoms with Crippen LogP contribution in [0.15, 0.2) is 55.2 Å². The molecule has 132 valence electrons. The number of likely N-dealkylation sites (tertiary alicyclic amines) is 1. The predicted molar refractivity (Wildman–Crippen MR) is 95.8 cm³/mol. The summed E-state index contributed by atoms with van der Waals surface area (Å²) in [5.41, 5.74) is 1.46. The molecule has 1 saturated heterocycles. The molecule has 0 spiro atoms. The van der Waals surface area contributed by atoms with Crippen molar-refractivity contribution < 1.29 is 4.79 Å². The quantitative estimate of drug-likeness (QED) is 0.707. The highest BCUT2D eigenvalue weighted by molar-refractivity contribution is 5.92. The van der Waals surface area contributed by atoms with Crippen molar-refractivity contribution in [3.63, 3.8) is 0 Å². The van der Waals surface area contributed by atoms with Gasteiger partial charge in [-0.2, -0.15) is 0 Å². The standard InChI is InChI=1S/C19H20N6O/c26-19(17-13-20-10-11-21-17)24-12-4-7-16(24)8-9-18-23-22-14-25(18)15-5-2-1-3-6-15/h1-3,5-6,10-11,13-14,16H,4,7-9,12H2. The van der Waals surface area contributed by atoms with E-state index in [1.807, 2.05) is 39.8 Å². The van der Waals surface area contributed by atoms with Crippen molar-refractivity contribution in [1.82, 2.24) is 29.6 Å². The van der Waals surface area contributed by atoms with E-state index in [-0.39, 0.29) is 11.9 Å². The summed E-state index contributed by atoms with van der Waals surface area (Å²) in [7, 11) is 0. The van der Waals surface area contributed by atoms with Gasteiger partial charge in [0.15, 0.2) is 0 Å². The van der Waals surface area contributed by atoms with E-state index in [1.54, 1.807) is 18.7 Å². The van der Waals surface area contributed by atoms with Crippen LogP contribution in [0.3, 0.4) is 0 Å². The molecule has 1 aliphatic heterocycles. The fraction of sp³-hybridized carbons (Fsp3) is 0.316. The van der Waals surface area contributed by atoms with E-state index in [4.69, 9.17) is 0 Å². The van der Waals surface area contributed by atoms with Gasteiger partial charge >= 0.3 is 0 Å². The number of aryl methyl sites for hydroxylation is 1. The van der Waals surface area contributed by atoms with Crippen LogP contribution in [0.1, 0.15) is 35.6 Å². The first-order valence-electron chi connectivity index (χ1n) is 8.84. The number of carbonyl (C=O) groups is 1. The third kappa shape index (κ3) is 3.33. The number of para-hydroxylation sites is 1. The number of hydrogen-bond donors (Lipinski definition) is 0. The van der Waals surface area contributed by atoms with Crippen LogP contribution in [0.4, 0.5) is 0 Å². The molecule has 3 aromatic rings. The smallest absolute Gasteiger partial charge is 0.274 e. The SMILES string of the molecule is O=C(c1cnccn1)N1CCCC1CCc1nncn1-c1ccccc1. The Kier molecular flexibility index (Phi) is 4.68. The fourth-order valence-corrected chi connectivity index (χ4v) is 3.49. The minimum absolute atomic E-state index is 0.0369. The summed E-state index contributed by atoms with van der Waals surface area (Å²) in [6.45, 7) is 0.769. The van der Waals surface area contributed by atoms with Crippen LogP contribution in [0.5, 0.6) is 0 Å². The molecule has 1 aromatic carbocycles. The Morgan fingerprint density at radius 3 is 2.88 bits per heavy atom. The molecule has 1 fully saturated rings. The fourth-order valence-electron chi connectivity index (χ4n) is 3.49. The van der Waals surface area contributed by atoms with Crippen molar-refractivity contribution in [2.45, 2.75) is 31.7 Å². The summed E-state index contributed by atoms with van der Waals surface area (Å²) < 4.78 is 2.00. The summed E-state index contributed by atoms with van der Waals surface area (Å²) >= 11 is 0. The maximum Gasteiger partial charge on any atom is 0.274 e. The van der Waals surface area contributed by atoms with E-state index in [0.717, 1.165) is 43.7 Å². The van der Waals surface area contributed by atoms with Gasteiger partial charge < -0.3 is 4.90 Å². The van der Waals surface area contributed by atoms with Crippen LogP contribution in [-0.2, 0) is 6.42 Å². The molecule has 7 heteroatoms. The lowest BCUT2D eigenvalue weighted by Gasteiger charge is -2.24. The maximum atomic E-state index is 12.7. The Bertz CT molecular complexity index is 864. The van der Waals surface area contributed by atoms with Crippen LogP contribution >= 0.6 is 0 Å². The molecular weight excluding hydrogens is 328 g/mol. The Labute approximate surface area is 151 Å². The number of benzene rings is 1. The van der Waals surface area contributed by atoms with Crippen molar-refractivity contribution >= 4 is 5.91 Å². The number of rotatable bonds is 5. The van der Waals surface area contributed by atoms with Gasteiger partial charge in [-0.3, -0.25) is 14.3 Å². The topological polar surface area (TPSA) is 76.8 Å². The van der Waals surface area contributed by atoms with Gasteiger partial charge in [0.1, 0.15) is 17.8 Å². The van der Waals surface area contributed by atoms with E-state index >= 15 is 0 Å². The number of carbonyl (C=O) groups excluding carboxylic acids is 1. The molecule has 0 N–H and O–H groups in total. The van der Waals surface area contributed by atoms with Gasteiger partial charge in [-0.25, -0.2) is 4.98 Å². The maximum absolute atomic E-state index is 12.7. The number of hydrogen-bond acceptors (Lipinski definition) is 5. The summed E-state index contributed by atoms with van der Waals surface area (Å²) in [6.07, 6.45) is 10.1. The lowest BCUT2D eigenvalue weighted by atomic mass is 10.1. The van der Waals surface area contributed by atoms with E-state index in [2.05, 4.69) is 20.2 Å². The minimum atomic E-state index is -0.0369. The Hall–Kier alpha value is -3.09. The van der Waals surface area contributed by atoms with Gasteiger partial charge in [0.2, 0.25) is 0 Å². The van der Waals surface area contributed by atoms with E-state index in [9.17, 15) is 4.79 Å². The van der Waals surface area contributed by atoms with Gasteiger partial charge in [0, 0.05) is 37.1 Å². The second kappa shape index (κ2) is 7.43. The first kappa shape index (κ1) is 16.4. The molecule has 4 rings (SSSR count). The van der Waals surface area contributed by atoms with Gasteiger partial charge in [0.05, 0.1) is 6.20 Å². The molecule has 7 nitrogen and oxygen atoms in total. The first-order chi connectivity index (χ1) is 12.8. The second-order valence-corrected chi connectivity index (χ2v) is 6.38. The van der Waals surface area contributed by atoms with Gasteiger partial charge in [-0.05, 0) is 31.4 Å². The number of amides is 1. The third-order valence-electron chi connectivity index (χ3n) is 4.77. The highest BCUT2D eigenvalue weighted by Crippen LogP contribution is 2.23. The highest BCUT2D eigenvalue weighted by atomic mass is 16.2. The van der Waals surface area contributed by atoms with Crippen molar-refractivity contribution in [2.24, 2.45) is 0 Å². The summed E-state index contributed by atoms with van der Waals surface area (Å²) in [4.78, 5) is 22.8. The summed E-state index contributed by atoms with van der Waals surface area (Å²) in [5, 5.41) is 8.33. The zero-order valence-corrected chi connectivity index (χ0v) is 14.4. The third-order valence-corrected chi connectivity index (χ3v) is 4.77. The Morgan fingerprint density at radius 2 is 2.08 bits per heavy atom. The van der Waals surface area contributed by atoms with Crippen LogP contribution in [0.25, 0.3) is 5.69 Å². The van der Waals surface area contributed by atoms with Crippen LogP contribution in [0, 0.1) is 0 Å². The molecule has 2 aromatic heterocycles. The van der Waals surface area contributed by atoms with Gasteiger partial charge in [-0.1, -0.05) is 18.2 Å². The minimum Gasteiger partial charge on any atom is -0.334 e. The zero-order chi connectivity index (χ0) is 17.8. The largest absolute Gasteiger partial charge is 0.334 e. The van der Waals surface area contributed by atoms with Crippen molar-refractivity contribution in [3.8, 4) is 5.69 Å². The van der Waals surface area contributed by atoms with E-state index < -0.39 is 0 Å². The zero-order valence-electron chi connectivity index (χ0n) is 14.4. The molecule has 3 heterocycles. The number of nitrogens with zero attached hydrogens (tertiary/aromatic N) is 6. The first-order valence-corrected chi connectivity index (χ1v) is 8.84. The molecule has 0 aliphatic carbocycles. The monoisotopic (exact) mass is 348 g/mol. The second-order valence-electron chi connectivity index (χ2n) is 6.38. The molecule has 1 aliphatic rings. The molecular formula is C19H20N6O. The lowest BCUT2D eigenvalue weighted by molar-refractivity contribution is 0.0723. The van der Waals surface area contributed by atoms with Crippen LogP contribution in [0.2, 0.25) is 0 Å².